The summed E-state index contributed by atoms with van der Waals surface area (Å²) in [7, 11) is 0. The lowest BCUT2D eigenvalue weighted by Crippen LogP contribution is -2.34. The maximum atomic E-state index is 11.9. The minimum absolute atomic E-state index is 0.0454. The summed E-state index contributed by atoms with van der Waals surface area (Å²) in [5.74, 6) is 0.527. The Labute approximate surface area is 170 Å². The molecule has 0 aromatic heterocycles. The number of nitro benzene ring substituents is 1. The van der Waals surface area contributed by atoms with Gasteiger partial charge < -0.3 is 15.4 Å². The van der Waals surface area contributed by atoms with Gasteiger partial charge in [0.05, 0.1) is 17.2 Å². The van der Waals surface area contributed by atoms with Gasteiger partial charge in [0, 0.05) is 23.0 Å². The van der Waals surface area contributed by atoms with E-state index in [-0.39, 0.29) is 23.1 Å². The molecule has 142 valence electrons. The molecule has 9 heteroatoms. The van der Waals surface area contributed by atoms with E-state index in [4.69, 9.17) is 17.0 Å². The van der Waals surface area contributed by atoms with Crippen molar-refractivity contribution in [3.63, 3.8) is 0 Å². The Kier molecular flexibility index (Phi) is 7.68. The van der Waals surface area contributed by atoms with Crippen LogP contribution in [0, 0.1) is 17.0 Å². The van der Waals surface area contributed by atoms with E-state index in [2.05, 4.69) is 26.6 Å². The van der Waals surface area contributed by atoms with Crippen molar-refractivity contribution in [3.8, 4) is 5.75 Å². The highest BCUT2D eigenvalue weighted by Crippen LogP contribution is 2.27. The smallest absolute Gasteiger partial charge is 0.270 e. The van der Waals surface area contributed by atoms with E-state index >= 15 is 0 Å². The van der Waals surface area contributed by atoms with Crippen molar-refractivity contribution in [3.05, 3.63) is 62.6 Å². The Bertz CT molecular complexity index is 843. The molecule has 0 saturated carbocycles. The second kappa shape index (κ2) is 9.98. The number of aryl methyl sites for hydroxylation is 1. The number of thiocarbonyl (C=S) groups is 1. The molecule has 0 aliphatic carbocycles. The van der Waals surface area contributed by atoms with Crippen LogP contribution in [0.1, 0.15) is 18.4 Å². The number of nitrogens with zero attached hydrogens (tertiary/aromatic N) is 1. The predicted octanol–water partition coefficient (Wildman–Crippen LogP) is 4.34. The lowest BCUT2D eigenvalue weighted by Gasteiger charge is -2.11. The maximum absolute atomic E-state index is 11.9. The average molecular weight is 452 g/mol. The van der Waals surface area contributed by atoms with Gasteiger partial charge in [0.15, 0.2) is 5.11 Å². The number of benzene rings is 2. The van der Waals surface area contributed by atoms with Crippen LogP contribution in [0.15, 0.2) is 46.9 Å². The molecule has 0 aliphatic rings. The summed E-state index contributed by atoms with van der Waals surface area (Å²) in [6, 6.07) is 11.9. The van der Waals surface area contributed by atoms with Gasteiger partial charge in [-0.05, 0) is 59.7 Å². The SMILES string of the molecule is Cc1ccc(OCCCC(=O)NC(=S)Nc2ccc([N+](=O)[O-])cc2Br)cc1. The van der Waals surface area contributed by atoms with Crippen LogP contribution in [-0.2, 0) is 4.79 Å². The van der Waals surface area contributed by atoms with Gasteiger partial charge in [-0.2, -0.15) is 0 Å². The van der Waals surface area contributed by atoms with Crippen molar-refractivity contribution in [2.24, 2.45) is 0 Å². The van der Waals surface area contributed by atoms with E-state index in [0.29, 0.717) is 23.2 Å². The molecule has 2 N–H and O–H groups in total. The van der Waals surface area contributed by atoms with Gasteiger partial charge in [-0.1, -0.05) is 17.7 Å². The third kappa shape index (κ3) is 6.95. The molecular formula is C18H18BrN3O4S. The molecule has 0 saturated heterocycles. The van der Waals surface area contributed by atoms with Gasteiger partial charge in [-0.3, -0.25) is 14.9 Å². The van der Waals surface area contributed by atoms with Crippen LogP contribution >= 0.6 is 28.1 Å². The van der Waals surface area contributed by atoms with Gasteiger partial charge in [-0.15, -0.1) is 0 Å². The molecule has 2 rings (SSSR count). The van der Waals surface area contributed by atoms with Crippen molar-refractivity contribution in [2.75, 3.05) is 11.9 Å². The van der Waals surface area contributed by atoms with E-state index < -0.39 is 4.92 Å². The number of non-ortho nitro benzene ring substituents is 1. The number of hydrogen-bond donors (Lipinski definition) is 2. The lowest BCUT2D eigenvalue weighted by molar-refractivity contribution is -0.384. The van der Waals surface area contributed by atoms with Crippen molar-refractivity contribution in [2.45, 2.75) is 19.8 Å². The van der Waals surface area contributed by atoms with Gasteiger partial charge in [0.1, 0.15) is 5.75 Å². The summed E-state index contributed by atoms with van der Waals surface area (Å²) < 4.78 is 6.04. The fourth-order valence-corrected chi connectivity index (χ4v) is 2.81. The molecule has 0 unspecified atom stereocenters. The molecule has 0 bridgehead atoms. The zero-order valence-electron chi connectivity index (χ0n) is 14.5. The molecular weight excluding hydrogens is 434 g/mol. The van der Waals surface area contributed by atoms with Gasteiger partial charge >= 0.3 is 0 Å². The fourth-order valence-electron chi connectivity index (χ4n) is 2.12. The van der Waals surface area contributed by atoms with Crippen molar-refractivity contribution in [1.82, 2.24) is 5.32 Å². The second-order valence-electron chi connectivity index (χ2n) is 5.69. The average Bonchev–Trinajstić information content (AvgIpc) is 2.61. The Morgan fingerprint density at radius 2 is 1.96 bits per heavy atom. The minimum Gasteiger partial charge on any atom is -0.494 e. The topological polar surface area (TPSA) is 93.5 Å². The van der Waals surface area contributed by atoms with Gasteiger partial charge in [0.25, 0.3) is 5.69 Å². The van der Waals surface area contributed by atoms with E-state index in [1.54, 1.807) is 0 Å². The first-order chi connectivity index (χ1) is 12.8. The molecule has 0 heterocycles. The van der Waals surface area contributed by atoms with Crippen LogP contribution in [0.4, 0.5) is 11.4 Å². The standard InChI is InChI=1S/C18H18BrN3O4S/c1-12-4-7-14(8-5-12)26-10-2-3-17(23)21-18(27)20-16-9-6-13(22(24)25)11-15(16)19/h4-9,11H,2-3,10H2,1H3,(H2,20,21,23,27). The van der Waals surface area contributed by atoms with E-state index in [1.807, 2.05) is 31.2 Å². The molecule has 0 atom stereocenters. The highest BCUT2D eigenvalue weighted by molar-refractivity contribution is 9.10. The molecule has 1 amide bonds. The summed E-state index contributed by atoms with van der Waals surface area (Å²) in [6.07, 6.45) is 0.804. The van der Waals surface area contributed by atoms with Crippen molar-refractivity contribution in [1.29, 1.82) is 0 Å². The van der Waals surface area contributed by atoms with Crippen molar-refractivity contribution >= 4 is 50.5 Å². The Morgan fingerprint density at radius 3 is 2.59 bits per heavy atom. The highest BCUT2D eigenvalue weighted by atomic mass is 79.9. The molecule has 27 heavy (non-hydrogen) atoms. The number of nitro groups is 1. The summed E-state index contributed by atoms with van der Waals surface area (Å²) >= 11 is 8.33. The summed E-state index contributed by atoms with van der Waals surface area (Å²) in [4.78, 5) is 22.2. The summed E-state index contributed by atoms with van der Waals surface area (Å²) in [5, 5.41) is 16.3. The Balaban J connectivity index is 1.73. The maximum Gasteiger partial charge on any atom is 0.270 e. The first-order valence-corrected chi connectivity index (χ1v) is 9.29. The molecule has 2 aromatic carbocycles. The highest BCUT2D eigenvalue weighted by Gasteiger charge is 2.11. The van der Waals surface area contributed by atoms with Crippen LogP contribution in [0.5, 0.6) is 5.75 Å². The van der Waals surface area contributed by atoms with Gasteiger partial charge in [0.2, 0.25) is 5.91 Å². The van der Waals surface area contributed by atoms with Crippen LogP contribution in [0.2, 0.25) is 0 Å². The lowest BCUT2D eigenvalue weighted by atomic mass is 10.2. The number of halogens is 1. The van der Waals surface area contributed by atoms with Gasteiger partial charge in [-0.25, -0.2) is 0 Å². The van der Waals surface area contributed by atoms with E-state index in [0.717, 1.165) is 11.3 Å². The zero-order valence-corrected chi connectivity index (χ0v) is 16.9. The second-order valence-corrected chi connectivity index (χ2v) is 6.95. The predicted molar refractivity (Wildman–Crippen MR) is 111 cm³/mol. The van der Waals surface area contributed by atoms with Crippen molar-refractivity contribution < 1.29 is 14.5 Å². The number of carbonyl (C=O) groups excluding carboxylic acids is 1. The van der Waals surface area contributed by atoms with Crippen LogP contribution in [0.25, 0.3) is 0 Å². The number of carbonyl (C=O) groups is 1. The number of nitrogens with one attached hydrogen (secondary N) is 2. The largest absolute Gasteiger partial charge is 0.494 e. The van der Waals surface area contributed by atoms with E-state index in [1.165, 1.54) is 18.2 Å². The Morgan fingerprint density at radius 1 is 1.26 bits per heavy atom. The summed E-state index contributed by atoms with van der Waals surface area (Å²) in [6.45, 7) is 2.42. The minimum atomic E-state index is -0.493. The third-order valence-corrected chi connectivity index (χ3v) is 4.36. The number of rotatable bonds is 7. The summed E-state index contributed by atoms with van der Waals surface area (Å²) in [5.41, 5.74) is 1.63. The van der Waals surface area contributed by atoms with Crippen LogP contribution in [0.3, 0.4) is 0 Å². The normalized spacial score (nSPS) is 10.1. The van der Waals surface area contributed by atoms with E-state index in [9.17, 15) is 14.9 Å². The molecule has 0 radical (unpaired) electrons. The number of amides is 1. The first kappa shape index (κ1) is 20.8. The molecule has 0 aliphatic heterocycles. The molecule has 0 fully saturated rings. The first-order valence-electron chi connectivity index (χ1n) is 8.09. The Hall–Kier alpha value is -2.52. The number of anilines is 1. The quantitative estimate of drug-likeness (QED) is 0.281. The molecule has 7 nitrogen and oxygen atoms in total. The van der Waals surface area contributed by atoms with Crippen LogP contribution in [-0.4, -0.2) is 22.5 Å². The monoisotopic (exact) mass is 451 g/mol. The third-order valence-electron chi connectivity index (χ3n) is 3.50. The van der Waals surface area contributed by atoms with Crippen LogP contribution < -0.4 is 15.4 Å². The fraction of sp³-hybridized carbons (Fsp3) is 0.222. The molecule has 0 spiro atoms. The number of ether oxygens (including phenoxy) is 1. The zero-order chi connectivity index (χ0) is 19.8. The molecule has 2 aromatic rings. The number of hydrogen-bond acceptors (Lipinski definition) is 5.